The molecule has 0 saturated heterocycles. The molecule has 8 aromatic rings. The van der Waals surface area contributed by atoms with Crippen LogP contribution < -0.4 is 4.74 Å². The van der Waals surface area contributed by atoms with Gasteiger partial charge in [0.05, 0.1) is 5.92 Å². The van der Waals surface area contributed by atoms with Gasteiger partial charge in [0.15, 0.2) is 0 Å². The van der Waals surface area contributed by atoms with E-state index in [2.05, 4.69) is 146 Å². The van der Waals surface area contributed by atoms with Crippen molar-refractivity contribution in [1.29, 1.82) is 0 Å². The third kappa shape index (κ3) is 3.63. The zero-order chi connectivity index (χ0) is 31.3. The van der Waals surface area contributed by atoms with E-state index in [-0.39, 0.29) is 12.0 Å². The molecule has 2 nitrogen and oxygen atoms in total. The summed E-state index contributed by atoms with van der Waals surface area (Å²) in [7, 11) is 0. The molecule has 0 bridgehead atoms. The monoisotopic (exact) mass is 614 g/mol. The molecule has 3 aliphatic rings. The largest absolute Gasteiger partial charge is 0.485 e. The van der Waals surface area contributed by atoms with E-state index < -0.39 is 0 Å². The molecule has 7 aromatic carbocycles. The van der Waals surface area contributed by atoms with Crippen LogP contribution in [0.2, 0.25) is 0 Å². The van der Waals surface area contributed by atoms with Gasteiger partial charge in [0.2, 0.25) is 0 Å². The maximum Gasteiger partial charge on any atom is 0.136 e. The van der Waals surface area contributed by atoms with E-state index in [1.807, 2.05) is 0 Å². The minimum atomic E-state index is 0.0544. The molecule has 0 N–H and O–H groups in total. The molecule has 11 rings (SSSR count). The van der Waals surface area contributed by atoms with Crippen LogP contribution in [-0.2, 0) is 0 Å². The summed E-state index contributed by atoms with van der Waals surface area (Å²) in [6, 6.07) is 44.2. The van der Waals surface area contributed by atoms with Crippen LogP contribution in [0.25, 0.3) is 76.5 Å². The topological polar surface area (TPSA) is 22.4 Å². The molecule has 1 aromatic heterocycles. The zero-order valence-corrected chi connectivity index (χ0v) is 26.2. The molecule has 2 aliphatic carbocycles. The average Bonchev–Trinajstić information content (AvgIpc) is 3.71. The van der Waals surface area contributed by atoms with Crippen LogP contribution in [-0.4, -0.2) is 6.10 Å². The first-order valence-corrected chi connectivity index (χ1v) is 17.0. The SMILES string of the molecule is C1=CC2=C(C=CC3Oc4cc(-c5c6ccccc6c(-c6ccc7c(c6)oc6ccc8ccccc8c67)c6ccccc56)ccc4C23)CC1. The molecule has 0 radical (unpaired) electrons. The van der Waals surface area contributed by atoms with Crippen molar-refractivity contribution in [2.75, 3.05) is 0 Å². The van der Waals surface area contributed by atoms with Crippen LogP contribution in [0.15, 0.2) is 161 Å². The number of benzene rings is 7. The fourth-order valence-corrected chi connectivity index (χ4v) is 8.78. The maximum atomic E-state index is 6.67. The Kier molecular flexibility index (Phi) is 5.37. The molecule has 0 fully saturated rings. The average molecular weight is 615 g/mol. The Hall–Kier alpha value is -5.86. The summed E-state index contributed by atoms with van der Waals surface area (Å²) in [6.07, 6.45) is 11.5. The van der Waals surface area contributed by atoms with Crippen LogP contribution >= 0.6 is 0 Å². The van der Waals surface area contributed by atoms with Gasteiger partial charge in [-0.25, -0.2) is 0 Å². The van der Waals surface area contributed by atoms with Crippen molar-refractivity contribution in [2.45, 2.75) is 24.9 Å². The number of furan rings is 1. The Bertz CT molecular complexity index is 2710. The number of allylic oxidation sites excluding steroid dienone is 4. The van der Waals surface area contributed by atoms with E-state index in [0.717, 1.165) is 40.7 Å². The highest BCUT2D eigenvalue weighted by atomic mass is 16.5. The van der Waals surface area contributed by atoms with Gasteiger partial charge in [0.1, 0.15) is 23.0 Å². The molecule has 2 atom stereocenters. The van der Waals surface area contributed by atoms with Crippen molar-refractivity contribution >= 4 is 54.3 Å². The number of hydrogen-bond donors (Lipinski definition) is 0. The minimum Gasteiger partial charge on any atom is -0.485 e. The molecule has 0 saturated carbocycles. The zero-order valence-electron chi connectivity index (χ0n) is 26.2. The second-order valence-electron chi connectivity index (χ2n) is 13.4. The Morgan fingerprint density at radius 3 is 2.02 bits per heavy atom. The lowest BCUT2D eigenvalue weighted by atomic mass is 9.78. The molecule has 2 heterocycles. The van der Waals surface area contributed by atoms with Gasteiger partial charge in [-0.3, -0.25) is 0 Å². The van der Waals surface area contributed by atoms with Crippen molar-refractivity contribution in [3.63, 3.8) is 0 Å². The first-order valence-electron chi connectivity index (χ1n) is 17.0. The molecule has 1 aliphatic heterocycles. The Labute approximate surface area is 277 Å². The van der Waals surface area contributed by atoms with Crippen molar-refractivity contribution in [2.24, 2.45) is 0 Å². The van der Waals surface area contributed by atoms with Gasteiger partial charge in [0.25, 0.3) is 0 Å². The van der Waals surface area contributed by atoms with E-state index in [4.69, 9.17) is 9.15 Å². The van der Waals surface area contributed by atoms with Gasteiger partial charge < -0.3 is 9.15 Å². The van der Waals surface area contributed by atoms with Gasteiger partial charge in [-0.2, -0.15) is 0 Å². The molecule has 48 heavy (non-hydrogen) atoms. The van der Waals surface area contributed by atoms with Gasteiger partial charge in [-0.15, -0.1) is 0 Å². The second kappa shape index (κ2) is 9.82. The summed E-state index contributed by atoms with van der Waals surface area (Å²) >= 11 is 0. The van der Waals surface area contributed by atoms with Crippen LogP contribution in [0, 0.1) is 0 Å². The molecule has 2 heteroatoms. The van der Waals surface area contributed by atoms with Crippen LogP contribution in [0.3, 0.4) is 0 Å². The number of hydrogen-bond acceptors (Lipinski definition) is 2. The fraction of sp³-hybridized carbons (Fsp3) is 0.0870. The first-order chi connectivity index (χ1) is 23.8. The predicted molar refractivity (Wildman–Crippen MR) is 199 cm³/mol. The number of rotatable bonds is 2. The van der Waals surface area contributed by atoms with Crippen LogP contribution in [0.5, 0.6) is 5.75 Å². The number of ether oxygens (including phenoxy) is 1. The highest BCUT2D eigenvalue weighted by molar-refractivity contribution is 6.23. The Balaban J connectivity index is 1.12. The standard InChI is InChI=1S/C46H30O2/c1-3-11-31-27(9-1)19-23-39-45(31)37-21-17-29(25-41(37)47-39)43-33-13-5-7-15-35(33)44(36-16-8-6-14-34(36)43)30-18-22-38-42(26-30)48-40-24-20-28-10-2-4-12-32(28)46(38)40/h1,3-9,11-26,40,46H,2,10H2. The van der Waals surface area contributed by atoms with Crippen molar-refractivity contribution in [3.05, 3.63) is 162 Å². The normalized spacial score (nSPS) is 18.2. The summed E-state index contributed by atoms with van der Waals surface area (Å²) in [5.74, 6) is 1.27. The van der Waals surface area contributed by atoms with Gasteiger partial charge in [0, 0.05) is 16.3 Å². The Morgan fingerprint density at radius 2 is 1.25 bits per heavy atom. The third-order valence-electron chi connectivity index (χ3n) is 10.9. The second-order valence-corrected chi connectivity index (χ2v) is 13.4. The minimum absolute atomic E-state index is 0.0544. The lowest BCUT2D eigenvalue weighted by molar-refractivity contribution is 0.265. The van der Waals surface area contributed by atoms with Gasteiger partial charge in [-0.1, -0.05) is 115 Å². The summed E-state index contributed by atoms with van der Waals surface area (Å²) in [6.45, 7) is 0. The van der Waals surface area contributed by atoms with E-state index in [1.54, 1.807) is 0 Å². The maximum absolute atomic E-state index is 6.67. The van der Waals surface area contributed by atoms with Crippen molar-refractivity contribution in [1.82, 2.24) is 0 Å². The van der Waals surface area contributed by atoms with Gasteiger partial charge in [-0.05, 0) is 109 Å². The van der Waals surface area contributed by atoms with E-state index in [0.29, 0.717) is 0 Å². The number of fused-ring (bicyclic) bond motifs is 11. The lowest BCUT2D eigenvalue weighted by Gasteiger charge is -2.26. The smallest absolute Gasteiger partial charge is 0.136 e. The molecule has 0 spiro atoms. The van der Waals surface area contributed by atoms with Crippen LogP contribution in [0.1, 0.15) is 24.3 Å². The molecule has 0 amide bonds. The van der Waals surface area contributed by atoms with Gasteiger partial charge >= 0.3 is 0 Å². The van der Waals surface area contributed by atoms with Crippen molar-refractivity contribution in [3.8, 4) is 28.0 Å². The third-order valence-corrected chi connectivity index (χ3v) is 10.9. The molecular formula is C46H30O2. The lowest BCUT2D eigenvalue weighted by Crippen LogP contribution is -2.21. The van der Waals surface area contributed by atoms with E-state index >= 15 is 0 Å². The summed E-state index contributed by atoms with van der Waals surface area (Å²) < 4.78 is 13.2. The van der Waals surface area contributed by atoms with Crippen molar-refractivity contribution < 1.29 is 9.15 Å². The highest BCUT2D eigenvalue weighted by Crippen LogP contribution is 2.51. The predicted octanol–water partition coefficient (Wildman–Crippen LogP) is 12.4. The summed E-state index contributed by atoms with van der Waals surface area (Å²) in [4.78, 5) is 0. The van der Waals surface area contributed by atoms with Crippen LogP contribution in [0.4, 0.5) is 0 Å². The quantitative estimate of drug-likeness (QED) is 0.181. The molecular weight excluding hydrogens is 585 g/mol. The first kappa shape index (κ1) is 26.2. The molecule has 226 valence electrons. The highest BCUT2D eigenvalue weighted by Gasteiger charge is 2.38. The molecule has 2 unspecified atom stereocenters. The van der Waals surface area contributed by atoms with E-state index in [1.165, 1.54) is 71.1 Å². The summed E-state index contributed by atoms with van der Waals surface area (Å²) in [5, 5.41) is 9.71. The Morgan fingerprint density at radius 1 is 0.562 bits per heavy atom. The summed E-state index contributed by atoms with van der Waals surface area (Å²) in [5.41, 5.74) is 10.8. The van der Waals surface area contributed by atoms with E-state index in [9.17, 15) is 0 Å². The fourth-order valence-electron chi connectivity index (χ4n) is 8.78.